The summed E-state index contributed by atoms with van der Waals surface area (Å²) in [5.41, 5.74) is 2.84. The lowest BCUT2D eigenvalue weighted by Gasteiger charge is -2.31. The molecule has 1 saturated heterocycles. The van der Waals surface area contributed by atoms with Crippen LogP contribution in [-0.2, 0) is 9.59 Å². The number of nitrogens with zero attached hydrogens (tertiary/aromatic N) is 1. The molecule has 1 heterocycles. The monoisotopic (exact) mass is 457 g/mol. The first kappa shape index (κ1) is 23.5. The molecule has 3 aromatic carbocycles. The first-order valence-corrected chi connectivity index (χ1v) is 11.7. The molecule has 0 aromatic heterocycles. The van der Waals surface area contributed by atoms with Gasteiger partial charge in [0.25, 0.3) is 0 Å². The third-order valence-electron chi connectivity index (χ3n) is 6.25. The molecule has 0 saturated carbocycles. The van der Waals surface area contributed by atoms with Crippen LogP contribution in [0.4, 0.5) is 5.69 Å². The number of ether oxygens (including phenoxy) is 1. The number of anilines is 1. The van der Waals surface area contributed by atoms with Gasteiger partial charge in [-0.2, -0.15) is 0 Å². The van der Waals surface area contributed by atoms with Crippen LogP contribution in [0.2, 0.25) is 0 Å². The Morgan fingerprint density at radius 2 is 1.47 bits per heavy atom. The highest BCUT2D eigenvalue weighted by Gasteiger charge is 2.27. The third-order valence-corrected chi connectivity index (χ3v) is 6.25. The van der Waals surface area contributed by atoms with E-state index in [1.165, 1.54) is 0 Å². The number of nitrogens with one attached hydrogen (secondary N) is 2. The Morgan fingerprint density at radius 3 is 2.09 bits per heavy atom. The van der Waals surface area contributed by atoms with E-state index in [0.29, 0.717) is 6.54 Å². The van der Waals surface area contributed by atoms with E-state index in [1.807, 2.05) is 84.9 Å². The minimum Gasteiger partial charge on any atom is -0.497 e. The van der Waals surface area contributed by atoms with Gasteiger partial charge in [-0.3, -0.25) is 14.5 Å². The maximum atomic E-state index is 13.0. The van der Waals surface area contributed by atoms with E-state index in [2.05, 4.69) is 15.5 Å². The van der Waals surface area contributed by atoms with Gasteiger partial charge in [0.05, 0.1) is 19.7 Å². The molecule has 3 aromatic rings. The second-order valence-corrected chi connectivity index (χ2v) is 8.59. The lowest BCUT2D eigenvalue weighted by atomic mass is 9.95. The molecule has 0 bridgehead atoms. The average Bonchev–Trinajstić information content (AvgIpc) is 2.89. The number of amides is 2. The Hall–Kier alpha value is -3.64. The summed E-state index contributed by atoms with van der Waals surface area (Å²) in [5.74, 6) is 0.771. The lowest BCUT2D eigenvalue weighted by Crippen LogP contribution is -2.44. The number of methoxy groups -OCH3 is 1. The molecule has 2 amide bonds. The first-order chi connectivity index (χ1) is 16.6. The van der Waals surface area contributed by atoms with Gasteiger partial charge < -0.3 is 15.4 Å². The number of carbonyl (C=O) groups excluding carboxylic acids is 2. The molecule has 176 valence electrons. The zero-order valence-electron chi connectivity index (χ0n) is 19.4. The number of benzene rings is 3. The highest BCUT2D eigenvalue weighted by molar-refractivity contribution is 5.92. The number of rotatable bonds is 8. The van der Waals surface area contributed by atoms with E-state index >= 15 is 0 Å². The highest BCUT2D eigenvalue weighted by atomic mass is 16.5. The molecule has 1 fully saturated rings. The van der Waals surface area contributed by atoms with E-state index in [4.69, 9.17) is 4.74 Å². The van der Waals surface area contributed by atoms with Crippen LogP contribution in [0, 0.1) is 5.92 Å². The maximum absolute atomic E-state index is 13.0. The Labute approximate surface area is 200 Å². The molecule has 0 aliphatic carbocycles. The number of para-hydroxylation sites is 1. The fourth-order valence-corrected chi connectivity index (χ4v) is 4.33. The molecular weight excluding hydrogens is 426 g/mol. The molecule has 6 heteroatoms. The summed E-state index contributed by atoms with van der Waals surface area (Å²) in [6, 6.07) is 27.0. The summed E-state index contributed by atoms with van der Waals surface area (Å²) in [4.78, 5) is 27.7. The second kappa shape index (κ2) is 11.5. The molecular formula is C28H31N3O3. The van der Waals surface area contributed by atoms with Crippen molar-refractivity contribution in [2.75, 3.05) is 32.1 Å². The van der Waals surface area contributed by atoms with Gasteiger partial charge in [-0.15, -0.1) is 0 Å². The van der Waals surface area contributed by atoms with E-state index < -0.39 is 0 Å². The van der Waals surface area contributed by atoms with Gasteiger partial charge in [0.2, 0.25) is 11.8 Å². The van der Waals surface area contributed by atoms with Gasteiger partial charge in [-0.05, 0) is 61.3 Å². The fourth-order valence-electron chi connectivity index (χ4n) is 4.33. The Kier molecular flexibility index (Phi) is 7.94. The first-order valence-electron chi connectivity index (χ1n) is 11.7. The molecule has 6 nitrogen and oxygen atoms in total. The number of likely N-dealkylation sites (tertiary alicyclic amines) is 1. The molecule has 0 radical (unpaired) electrons. The van der Waals surface area contributed by atoms with Gasteiger partial charge in [0.15, 0.2) is 0 Å². The topological polar surface area (TPSA) is 70.7 Å². The van der Waals surface area contributed by atoms with Crippen LogP contribution < -0.4 is 15.4 Å². The average molecular weight is 458 g/mol. The van der Waals surface area contributed by atoms with Crippen molar-refractivity contribution in [1.82, 2.24) is 10.2 Å². The van der Waals surface area contributed by atoms with Crippen LogP contribution in [-0.4, -0.2) is 43.5 Å². The van der Waals surface area contributed by atoms with Crippen LogP contribution in [0.25, 0.3) is 0 Å². The Morgan fingerprint density at radius 1 is 0.882 bits per heavy atom. The molecule has 34 heavy (non-hydrogen) atoms. The minimum atomic E-state index is -0.242. The number of carbonyl (C=O) groups is 2. The largest absolute Gasteiger partial charge is 0.497 e. The van der Waals surface area contributed by atoms with Gasteiger partial charge in [-0.25, -0.2) is 0 Å². The summed E-state index contributed by atoms with van der Waals surface area (Å²) in [7, 11) is 1.64. The molecule has 1 unspecified atom stereocenters. The van der Waals surface area contributed by atoms with E-state index in [1.54, 1.807) is 7.11 Å². The SMILES string of the molecule is COc1ccc(C(NC(=O)CN2CCC(C(=O)Nc3ccccc3)CC2)c2ccccc2)cc1. The highest BCUT2D eigenvalue weighted by Crippen LogP contribution is 2.25. The zero-order chi connectivity index (χ0) is 23.8. The summed E-state index contributed by atoms with van der Waals surface area (Å²) >= 11 is 0. The van der Waals surface area contributed by atoms with Gasteiger partial charge >= 0.3 is 0 Å². The number of piperidine rings is 1. The van der Waals surface area contributed by atoms with Gasteiger partial charge in [0.1, 0.15) is 5.75 Å². The van der Waals surface area contributed by atoms with Crippen LogP contribution in [0.3, 0.4) is 0 Å². The Balaban J connectivity index is 1.33. The molecule has 1 aliphatic heterocycles. The van der Waals surface area contributed by atoms with E-state index in [-0.39, 0.29) is 23.8 Å². The number of hydrogen-bond donors (Lipinski definition) is 2. The van der Waals surface area contributed by atoms with Crippen molar-refractivity contribution in [2.24, 2.45) is 5.92 Å². The van der Waals surface area contributed by atoms with Crippen molar-refractivity contribution in [3.63, 3.8) is 0 Å². The summed E-state index contributed by atoms with van der Waals surface area (Å²) < 4.78 is 5.27. The van der Waals surface area contributed by atoms with Crippen LogP contribution in [0.5, 0.6) is 5.75 Å². The maximum Gasteiger partial charge on any atom is 0.234 e. The van der Waals surface area contributed by atoms with Crippen molar-refractivity contribution >= 4 is 17.5 Å². The van der Waals surface area contributed by atoms with Crippen molar-refractivity contribution in [2.45, 2.75) is 18.9 Å². The lowest BCUT2D eigenvalue weighted by molar-refractivity contribution is -0.123. The molecule has 0 spiro atoms. The number of hydrogen-bond acceptors (Lipinski definition) is 4. The van der Waals surface area contributed by atoms with Crippen molar-refractivity contribution in [3.05, 3.63) is 96.1 Å². The zero-order valence-corrected chi connectivity index (χ0v) is 19.4. The van der Waals surface area contributed by atoms with E-state index in [9.17, 15) is 9.59 Å². The van der Waals surface area contributed by atoms with Gasteiger partial charge in [0, 0.05) is 11.6 Å². The van der Waals surface area contributed by atoms with E-state index in [0.717, 1.165) is 48.5 Å². The molecule has 4 rings (SSSR count). The summed E-state index contributed by atoms with van der Waals surface area (Å²) in [6.45, 7) is 1.75. The molecule has 1 aliphatic rings. The Bertz CT molecular complexity index is 1060. The van der Waals surface area contributed by atoms with Crippen molar-refractivity contribution < 1.29 is 14.3 Å². The van der Waals surface area contributed by atoms with Crippen LogP contribution >= 0.6 is 0 Å². The van der Waals surface area contributed by atoms with Crippen molar-refractivity contribution in [1.29, 1.82) is 0 Å². The fraction of sp³-hybridized carbons (Fsp3) is 0.286. The quantitative estimate of drug-likeness (QED) is 0.531. The van der Waals surface area contributed by atoms with Crippen LogP contribution in [0.1, 0.15) is 30.0 Å². The van der Waals surface area contributed by atoms with Crippen molar-refractivity contribution in [3.8, 4) is 5.75 Å². The molecule has 2 N–H and O–H groups in total. The minimum absolute atomic E-state index is 0.0307. The predicted octanol–water partition coefficient (Wildman–Crippen LogP) is 4.25. The summed E-state index contributed by atoms with van der Waals surface area (Å²) in [6.07, 6.45) is 1.49. The van der Waals surface area contributed by atoms with Gasteiger partial charge in [-0.1, -0.05) is 60.7 Å². The summed E-state index contributed by atoms with van der Waals surface area (Å²) in [5, 5.41) is 6.19. The molecule has 1 atom stereocenters. The third kappa shape index (κ3) is 6.23. The normalized spacial score (nSPS) is 15.3. The second-order valence-electron chi connectivity index (χ2n) is 8.59. The standard InChI is InChI=1S/C28H31N3O3/c1-34-25-14-12-22(13-15-25)27(21-8-4-2-5-9-21)30-26(32)20-31-18-16-23(17-19-31)28(33)29-24-10-6-3-7-11-24/h2-15,23,27H,16-20H2,1H3,(H,29,33)(H,30,32). The van der Waals surface area contributed by atoms with Crippen LogP contribution in [0.15, 0.2) is 84.9 Å². The smallest absolute Gasteiger partial charge is 0.234 e. The predicted molar refractivity (Wildman–Crippen MR) is 134 cm³/mol.